The molecule has 4 heterocycles. The van der Waals surface area contributed by atoms with E-state index in [1.54, 1.807) is 12.3 Å². The van der Waals surface area contributed by atoms with Crippen LogP contribution in [0.4, 0.5) is 0 Å². The maximum absolute atomic E-state index is 5.86. The SMILES string of the molecule is Clc1cc(OCCN2CCCC2)ccn1.[CH3][Sn]([CH3])([CH3])[c]1cc(OCCN2CCCC2)ccn1.[CH3][Sn]([CH3])[CH3].[CH3][Sn]([CH3])[CH3]. The van der Waals surface area contributed by atoms with Crippen LogP contribution in [0, 0.1) is 0 Å². The molecular weight excluding hydrogens is 852 g/mol. The van der Waals surface area contributed by atoms with Crippen molar-refractivity contribution < 1.29 is 9.47 Å². The van der Waals surface area contributed by atoms with Crippen molar-refractivity contribution in [2.24, 2.45) is 0 Å². The molecule has 4 rings (SSSR count). The molecule has 0 atom stereocenters. The molecule has 0 saturated carbocycles. The number of nitrogens with zero attached hydrogens (tertiary/aromatic N) is 4. The van der Waals surface area contributed by atoms with Crippen LogP contribution in [0.5, 0.6) is 11.5 Å². The number of pyridine rings is 2. The van der Waals surface area contributed by atoms with E-state index in [0.29, 0.717) is 5.15 Å². The minimum absolute atomic E-state index is 0.480. The van der Waals surface area contributed by atoms with Crippen LogP contribution in [-0.2, 0) is 0 Å². The van der Waals surface area contributed by atoms with Gasteiger partial charge in [0.2, 0.25) is 0 Å². The van der Waals surface area contributed by atoms with E-state index in [1.165, 1.54) is 55.6 Å². The Labute approximate surface area is 275 Å². The molecule has 0 aromatic carbocycles. The van der Waals surface area contributed by atoms with Crippen LogP contribution in [0.3, 0.4) is 0 Å². The molecule has 2 aromatic heterocycles. The molecule has 2 fully saturated rings. The van der Waals surface area contributed by atoms with E-state index in [0.717, 1.165) is 37.8 Å². The molecule has 41 heavy (non-hydrogen) atoms. The standard InChI is InChI=1S/C11H15ClN2O.C11H15N2O.9CH3.3Sn/c12-11-9-10(3-4-13-11)15-8-7-14-5-1-2-6-14;1-2-8-13(7-1)9-10-14-11-3-5-12-6-4-11;;;;;;;;;;;;/h3-4,9H,1-2,5-8H2;3-5H,1-2,7-10H2;9*1H3;;;. The summed E-state index contributed by atoms with van der Waals surface area (Å²) < 4.78 is 12.7. The molecule has 2 aliphatic heterocycles. The fourth-order valence-corrected chi connectivity index (χ4v) is 7.11. The zero-order valence-corrected chi connectivity index (χ0v) is 36.8. The van der Waals surface area contributed by atoms with Crippen LogP contribution in [0.25, 0.3) is 0 Å². The van der Waals surface area contributed by atoms with Gasteiger partial charge in [-0.25, -0.2) is 4.98 Å². The van der Waals surface area contributed by atoms with Crippen molar-refractivity contribution in [3.63, 3.8) is 0 Å². The Hall–Kier alpha value is 0.506. The molecule has 0 spiro atoms. The quantitative estimate of drug-likeness (QED) is 0.199. The van der Waals surface area contributed by atoms with Crippen LogP contribution < -0.4 is 13.2 Å². The van der Waals surface area contributed by atoms with E-state index in [9.17, 15) is 0 Å². The summed E-state index contributed by atoms with van der Waals surface area (Å²) in [7, 11) is 0. The number of ether oxygens (including phenoxy) is 2. The Kier molecular flexibility index (Phi) is 22.1. The van der Waals surface area contributed by atoms with Gasteiger partial charge < -0.3 is 4.74 Å². The van der Waals surface area contributed by atoms with Crippen molar-refractivity contribution >= 4 is 73.2 Å². The molecule has 232 valence electrons. The molecule has 0 unspecified atom stereocenters. The molecule has 2 aromatic rings. The third-order valence-electron chi connectivity index (χ3n) is 5.95. The summed E-state index contributed by atoms with van der Waals surface area (Å²) in [6.45, 7) is 8.47. The minimum atomic E-state index is -2.05. The number of hydrogen-bond acceptors (Lipinski definition) is 6. The van der Waals surface area contributed by atoms with Gasteiger partial charge >= 0.3 is 184 Å². The van der Waals surface area contributed by atoms with Gasteiger partial charge in [0.1, 0.15) is 17.5 Å². The number of halogens is 1. The average molecular weight is 909 g/mol. The molecule has 0 N–H and O–H groups in total. The van der Waals surface area contributed by atoms with Gasteiger partial charge in [0.25, 0.3) is 0 Å². The van der Waals surface area contributed by atoms with Gasteiger partial charge in [-0.05, 0) is 32.0 Å². The van der Waals surface area contributed by atoms with Gasteiger partial charge in [-0.15, -0.1) is 0 Å². The van der Waals surface area contributed by atoms with Crippen molar-refractivity contribution in [1.29, 1.82) is 0 Å². The fraction of sp³-hybridized carbons (Fsp3) is 0.677. The summed E-state index contributed by atoms with van der Waals surface area (Å²) in [6, 6.07) is 7.70. The molecular formula is C31H57ClN4O2Sn3. The van der Waals surface area contributed by atoms with Crippen molar-refractivity contribution in [3.8, 4) is 11.5 Å². The van der Waals surface area contributed by atoms with Crippen molar-refractivity contribution in [3.05, 3.63) is 41.8 Å². The van der Waals surface area contributed by atoms with Crippen molar-refractivity contribution in [1.82, 2.24) is 19.8 Å². The van der Waals surface area contributed by atoms with E-state index in [2.05, 4.69) is 70.3 Å². The Balaban J connectivity index is 0.000000329. The van der Waals surface area contributed by atoms with Gasteiger partial charge in [-0.1, -0.05) is 11.6 Å². The number of aromatic nitrogens is 2. The maximum atomic E-state index is 5.86. The van der Waals surface area contributed by atoms with Crippen LogP contribution in [0.2, 0.25) is 49.6 Å². The van der Waals surface area contributed by atoms with E-state index < -0.39 is 57.9 Å². The molecule has 2 saturated heterocycles. The molecule has 6 nitrogen and oxygen atoms in total. The molecule has 2 aliphatic rings. The first-order chi connectivity index (χ1) is 19.4. The van der Waals surface area contributed by atoms with E-state index >= 15 is 0 Å². The van der Waals surface area contributed by atoms with Crippen molar-refractivity contribution in [2.45, 2.75) is 70.1 Å². The number of likely N-dealkylation sites (tertiary alicyclic amines) is 2. The fourth-order valence-electron chi connectivity index (χ4n) is 3.98. The van der Waals surface area contributed by atoms with E-state index in [1.807, 2.05) is 18.3 Å². The summed E-state index contributed by atoms with van der Waals surface area (Å²) in [6.07, 6.45) is 8.88. The predicted molar refractivity (Wildman–Crippen MR) is 185 cm³/mol. The van der Waals surface area contributed by atoms with Gasteiger partial charge in [-0.2, -0.15) is 0 Å². The van der Waals surface area contributed by atoms with Crippen LogP contribution >= 0.6 is 11.6 Å². The monoisotopic (exact) mass is 912 g/mol. The second kappa shape index (κ2) is 22.9. The summed E-state index contributed by atoms with van der Waals surface area (Å²) in [5.41, 5.74) is 0. The zero-order valence-electron chi connectivity index (χ0n) is 27.4. The van der Waals surface area contributed by atoms with Crippen LogP contribution in [0.15, 0.2) is 36.7 Å². The predicted octanol–water partition coefficient (Wildman–Crippen LogP) is 7.05. The first kappa shape index (κ1) is 39.5. The van der Waals surface area contributed by atoms with Crippen LogP contribution in [-0.4, -0.2) is 130 Å². The van der Waals surface area contributed by atoms with Gasteiger partial charge in [-0.3, -0.25) is 4.90 Å². The van der Waals surface area contributed by atoms with E-state index in [4.69, 9.17) is 21.1 Å². The van der Waals surface area contributed by atoms with Crippen molar-refractivity contribution in [2.75, 3.05) is 52.5 Å². The third-order valence-corrected chi connectivity index (χ3v) is 11.3. The Morgan fingerprint density at radius 2 is 1.10 bits per heavy atom. The summed E-state index contributed by atoms with van der Waals surface area (Å²) in [5.74, 6) is 1.79. The summed E-state index contributed by atoms with van der Waals surface area (Å²) in [4.78, 5) is 34.6. The molecule has 10 heteroatoms. The normalized spacial score (nSPS) is 15.4. The number of rotatable bonds is 9. The Morgan fingerprint density at radius 3 is 1.49 bits per heavy atom. The second-order valence-electron chi connectivity index (χ2n) is 12.7. The van der Waals surface area contributed by atoms with Gasteiger partial charge in [0, 0.05) is 18.8 Å². The Morgan fingerprint density at radius 1 is 0.707 bits per heavy atom. The van der Waals surface area contributed by atoms with Gasteiger partial charge in [0.05, 0.1) is 0 Å². The Bertz CT molecular complexity index is 924. The second-order valence-corrected chi connectivity index (χ2v) is 44.6. The molecule has 0 bridgehead atoms. The topological polar surface area (TPSA) is 50.7 Å². The third kappa shape index (κ3) is 21.8. The first-order valence-electron chi connectivity index (χ1n) is 15.2. The molecule has 0 amide bonds. The van der Waals surface area contributed by atoms with E-state index in [-0.39, 0.29) is 0 Å². The summed E-state index contributed by atoms with van der Waals surface area (Å²) in [5, 5.41) is 0.480. The van der Waals surface area contributed by atoms with Crippen LogP contribution in [0.1, 0.15) is 25.7 Å². The summed E-state index contributed by atoms with van der Waals surface area (Å²) >= 11 is 2.61. The van der Waals surface area contributed by atoms with Gasteiger partial charge in [0.15, 0.2) is 0 Å². The average Bonchev–Trinajstić information content (AvgIpc) is 3.58. The zero-order chi connectivity index (χ0) is 30.7. The molecule has 2 radical (unpaired) electrons. The number of hydrogen-bond donors (Lipinski definition) is 0. The molecule has 0 aliphatic carbocycles. The first-order valence-corrected chi connectivity index (χ1v) is 42.7.